The van der Waals surface area contributed by atoms with Crippen LogP contribution >= 0.6 is 11.3 Å². The molecule has 0 amide bonds. The van der Waals surface area contributed by atoms with Crippen molar-refractivity contribution in [3.8, 4) is 11.8 Å². The number of aryl methyl sites for hydroxylation is 1. The van der Waals surface area contributed by atoms with E-state index in [9.17, 15) is 4.79 Å². The molecular formula is C26H35N5O3S. The number of anilines is 1. The van der Waals surface area contributed by atoms with Gasteiger partial charge in [0, 0.05) is 49.1 Å². The summed E-state index contributed by atoms with van der Waals surface area (Å²) in [4.78, 5) is 26.4. The number of nitrogens with one attached hydrogen (secondary N) is 1. The molecule has 0 spiro atoms. The van der Waals surface area contributed by atoms with Gasteiger partial charge < -0.3 is 24.6 Å². The van der Waals surface area contributed by atoms with Crippen molar-refractivity contribution in [2.45, 2.75) is 26.0 Å². The lowest BCUT2D eigenvalue weighted by molar-refractivity contribution is 0.112. The molecule has 2 heterocycles. The van der Waals surface area contributed by atoms with Gasteiger partial charge >= 0.3 is 6.01 Å². The minimum Gasteiger partial charge on any atom is -0.485 e. The molecule has 1 atom stereocenters. The maximum absolute atomic E-state index is 11.4. The number of hydrogen-bond donors (Lipinski definition) is 1. The van der Waals surface area contributed by atoms with E-state index in [1.54, 1.807) is 11.3 Å². The number of benzene rings is 1. The molecule has 0 radical (unpaired) electrons. The summed E-state index contributed by atoms with van der Waals surface area (Å²) in [6.07, 6.45) is 3.21. The van der Waals surface area contributed by atoms with Crippen molar-refractivity contribution in [3.63, 3.8) is 0 Å². The maximum Gasteiger partial charge on any atom is 0.318 e. The second kappa shape index (κ2) is 13.2. The lowest BCUT2D eigenvalue weighted by atomic mass is 10.2. The molecule has 0 saturated heterocycles. The summed E-state index contributed by atoms with van der Waals surface area (Å²) in [5.74, 6) is 1.44. The lowest BCUT2D eigenvalue weighted by Crippen LogP contribution is -2.31. The first-order valence-corrected chi connectivity index (χ1v) is 12.5. The number of hydrogen-bond acceptors (Lipinski definition) is 9. The molecule has 2 aromatic heterocycles. The van der Waals surface area contributed by atoms with E-state index in [1.165, 1.54) is 28.6 Å². The topological polar surface area (TPSA) is 79.8 Å². The van der Waals surface area contributed by atoms with E-state index in [2.05, 4.69) is 58.4 Å². The standard InChI is InChI=1S/C26H35N5O3S/c1-19-6-11-24(35-19)23(12-13-27-2)34-22-9-7-20(8-10-22)17-30(3)14-15-31(4)25-21(18-32)16-28-26(29-25)33-5/h6-11,16,18,23,27H,12-15,17H2,1-5H3. The monoisotopic (exact) mass is 497 g/mol. The Hall–Kier alpha value is -3.01. The van der Waals surface area contributed by atoms with Crippen molar-refractivity contribution in [1.29, 1.82) is 0 Å². The van der Waals surface area contributed by atoms with E-state index in [1.807, 2.05) is 31.1 Å². The summed E-state index contributed by atoms with van der Waals surface area (Å²) in [6.45, 7) is 5.32. The Balaban J connectivity index is 1.55. The van der Waals surface area contributed by atoms with Crippen LogP contribution in [0.5, 0.6) is 11.8 Å². The van der Waals surface area contributed by atoms with Gasteiger partial charge in [0.1, 0.15) is 17.7 Å². The van der Waals surface area contributed by atoms with Gasteiger partial charge in [0.05, 0.1) is 12.7 Å². The smallest absolute Gasteiger partial charge is 0.318 e. The Morgan fingerprint density at radius 3 is 2.54 bits per heavy atom. The highest BCUT2D eigenvalue weighted by Gasteiger charge is 2.16. The summed E-state index contributed by atoms with van der Waals surface area (Å²) < 4.78 is 11.4. The average molecular weight is 498 g/mol. The van der Waals surface area contributed by atoms with Crippen LogP contribution in [0.2, 0.25) is 0 Å². The first-order chi connectivity index (χ1) is 16.9. The molecule has 9 heteroatoms. The predicted molar refractivity (Wildman–Crippen MR) is 141 cm³/mol. The van der Waals surface area contributed by atoms with Gasteiger partial charge in [-0.1, -0.05) is 12.1 Å². The summed E-state index contributed by atoms with van der Waals surface area (Å²) in [5.41, 5.74) is 1.65. The molecule has 0 saturated carbocycles. The van der Waals surface area contributed by atoms with E-state index < -0.39 is 0 Å². The van der Waals surface area contributed by atoms with Gasteiger partial charge in [-0.2, -0.15) is 4.98 Å². The Kier molecular flexibility index (Phi) is 10.0. The molecule has 0 aliphatic rings. The van der Waals surface area contributed by atoms with Crippen LogP contribution in [-0.4, -0.2) is 69.0 Å². The second-order valence-corrected chi connectivity index (χ2v) is 9.82. The van der Waals surface area contributed by atoms with E-state index in [-0.39, 0.29) is 12.1 Å². The van der Waals surface area contributed by atoms with Crippen LogP contribution in [0, 0.1) is 6.92 Å². The summed E-state index contributed by atoms with van der Waals surface area (Å²) in [5, 5.41) is 3.22. The van der Waals surface area contributed by atoms with E-state index in [4.69, 9.17) is 9.47 Å². The highest BCUT2D eigenvalue weighted by Crippen LogP contribution is 2.30. The molecule has 35 heavy (non-hydrogen) atoms. The number of methoxy groups -OCH3 is 1. The normalized spacial score (nSPS) is 11.9. The highest BCUT2D eigenvalue weighted by atomic mass is 32.1. The third-order valence-corrected chi connectivity index (χ3v) is 6.74. The first kappa shape index (κ1) is 26.6. The minimum atomic E-state index is 0.0434. The molecule has 188 valence electrons. The molecular weight excluding hydrogens is 462 g/mol. The Morgan fingerprint density at radius 2 is 1.91 bits per heavy atom. The number of carbonyl (C=O) groups excluding carboxylic acids is 1. The number of thiophene rings is 1. The zero-order valence-electron chi connectivity index (χ0n) is 21.2. The molecule has 0 bridgehead atoms. The zero-order valence-corrected chi connectivity index (χ0v) is 22.0. The average Bonchev–Trinajstić information content (AvgIpc) is 3.31. The summed E-state index contributed by atoms with van der Waals surface area (Å²) in [7, 11) is 7.46. The number of nitrogens with zero attached hydrogens (tertiary/aromatic N) is 4. The molecule has 3 rings (SSSR count). The first-order valence-electron chi connectivity index (χ1n) is 11.7. The third kappa shape index (κ3) is 7.74. The maximum atomic E-state index is 11.4. The Bertz CT molecular complexity index is 1070. The fourth-order valence-electron chi connectivity index (χ4n) is 3.67. The van der Waals surface area contributed by atoms with Crippen molar-refractivity contribution >= 4 is 23.4 Å². The van der Waals surface area contributed by atoms with E-state index in [0.717, 1.165) is 38.1 Å². The van der Waals surface area contributed by atoms with Crippen LogP contribution in [0.3, 0.4) is 0 Å². The van der Waals surface area contributed by atoms with Gasteiger partial charge in [0.25, 0.3) is 0 Å². The number of aldehydes is 1. The van der Waals surface area contributed by atoms with Crippen LogP contribution in [0.1, 0.15) is 38.2 Å². The van der Waals surface area contributed by atoms with Crippen molar-refractivity contribution in [2.24, 2.45) is 0 Å². The summed E-state index contributed by atoms with van der Waals surface area (Å²) in [6, 6.07) is 12.9. The van der Waals surface area contributed by atoms with Crippen LogP contribution in [0.4, 0.5) is 5.82 Å². The molecule has 1 N–H and O–H groups in total. The second-order valence-electron chi connectivity index (χ2n) is 8.50. The number of rotatable bonds is 14. The summed E-state index contributed by atoms with van der Waals surface area (Å²) >= 11 is 1.79. The number of carbonyl (C=O) groups is 1. The molecule has 0 fully saturated rings. The van der Waals surface area contributed by atoms with Gasteiger partial charge in [-0.3, -0.25) is 4.79 Å². The quantitative estimate of drug-likeness (QED) is 0.335. The van der Waals surface area contributed by atoms with Crippen molar-refractivity contribution in [3.05, 3.63) is 63.5 Å². The molecule has 0 aliphatic heterocycles. The van der Waals surface area contributed by atoms with Crippen molar-refractivity contribution in [2.75, 3.05) is 52.8 Å². The van der Waals surface area contributed by atoms with Crippen molar-refractivity contribution < 1.29 is 14.3 Å². The third-order valence-electron chi connectivity index (χ3n) is 5.65. The molecule has 1 unspecified atom stereocenters. The van der Waals surface area contributed by atoms with Gasteiger partial charge in [-0.15, -0.1) is 11.3 Å². The van der Waals surface area contributed by atoms with Crippen molar-refractivity contribution in [1.82, 2.24) is 20.2 Å². The zero-order chi connectivity index (χ0) is 25.2. The Morgan fingerprint density at radius 1 is 1.14 bits per heavy atom. The van der Waals surface area contributed by atoms with Gasteiger partial charge in [-0.05, 0) is 57.4 Å². The number of likely N-dealkylation sites (N-methyl/N-ethyl adjacent to an activating group) is 2. The minimum absolute atomic E-state index is 0.0434. The van der Waals surface area contributed by atoms with Crippen LogP contribution in [0.25, 0.3) is 0 Å². The van der Waals surface area contributed by atoms with Gasteiger partial charge in [0.2, 0.25) is 0 Å². The molecule has 1 aromatic carbocycles. The fourth-order valence-corrected chi connectivity index (χ4v) is 4.61. The number of ether oxygens (including phenoxy) is 2. The van der Waals surface area contributed by atoms with Gasteiger partial charge in [-0.25, -0.2) is 4.98 Å². The van der Waals surface area contributed by atoms with Crippen LogP contribution in [0.15, 0.2) is 42.6 Å². The SMILES string of the molecule is CNCCC(Oc1ccc(CN(C)CCN(C)c2nc(OC)ncc2C=O)cc1)c1ccc(C)s1. The van der Waals surface area contributed by atoms with Crippen LogP contribution in [-0.2, 0) is 6.54 Å². The largest absolute Gasteiger partial charge is 0.485 e. The lowest BCUT2D eigenvalue weighted by Gasteiger charge is -2.24. The fraction of sp³-hybridized carbons (Fsp3) is 0.423. The molecule has 3 aromatic rings. The van der Waals surface area contributed by atoms with E-state index in [0.29, 0.717) is 17.9 Å². The van der Waals surface area contributed by atoms with Crippen LogP contribution < -0.4 is 19.7 Å². The predicted octanol–water partition coefficient (Wildman–Crippen LogP) is 3.97. The van der Waals surface area contributed by atoms with E-state index >= 15 is 0 Å². The molecule has 8 nitrogen and oxygen atoms in total. The molecule has 0 aliphatic carbocycles. The number of aromatic nitrogens is 2. The van der Waals surface area contributed by atoms with Gasteiger partial charge in [0.15, 0.2) is 6.29 Å². The highest BCUT2D eigenvalue weighted by molar-refractivity contribution is 7.12. The Labute approximate surface area is 211 Å².